The highest BCUT2D eigenvalue weighted by Gasteiger charge is 2.43. The van der Waals surface area contributed by atoms with Crippen molar-refractivity contribution >= 4 is 21.8 Å². The van der Waals surface area contributed by atoms with E-state index < -0.39 is 0 Å². The zero-order chi connectivity index (χ0) is 26.2. The maximum absolute atomic E-state index is 3.81. The molecule has 7 rings (SSSR count). The highest BCUT2D eigenvalue weighted by molar-refractivity contribution is 6.09. The van der Waals surface area contributed by atoms with Gasteiger partial charge in [-0.3, -0.25) is 0 Å². The van der Waals surface area contributed by atoms with Gasteiger partial charge in [-0.1, -0.05) is 134 Å². The van der Waals surface area contributed by atoms with Gasteiger partial charge in [0.05, 0.1) is 11.0 Å². The molecule has 186 valence electrons. The van der Waals surface area contributed by atoms with Crippen molar-refractivity contribution in [3.63, 3.8) is 0 Å². The Balaban J connectivity index is 1.52. The third-order valence-electron chi connectivity index (χ3n) is 8.16. The third-order valence-corrected chi connectivity index (χ3v) is 8.16. The Morgan fingerprint density at radius 3 is 1.97 bits per heavy atom. The maximum Gasteiger partial charge on any atom is 0.0541 e. The first-order valence-corrected chi connectivity index (χ1v) is 13.6. The molecule has 1 heteroatoms. The van der Waals surface area contributed by atoms with Gasteiger partial charge in [-0.15, -0.1) is 0 Å². The Bertz CT molecular complexity index is 1850. The van der Waals surface area contributed by atoms with E-state index in [-0.39, 0.29) is 5.41 Å². The lowest BCUT2D eigenvalue weighted by Gasteiger charge is -2.32. The SMILES string of the molecule is C=C/C=C\C=C/CC1(c2ccccc2)c2ccccc2-c2ccc(-n3c4ccccc4c4ccccc43)cc21. The Morgan fingerprint density at radius 1 is 0.590 bits per heavy atom. The van der Waals surface area contributed by atoms with Gasteiger partial charge in [0, 0.05) is 21.9 Å². The van der Waals surface area contributed by atoms with E-state index in [2.05, 4.69) is 151 Å². The molecule has 0 amide bonds. The molecule has 1 aliphatic rings. The van der Waals surface area contributed by atoms with E-state index in [1.165, 1.54) is 55.3 Å². The Kier molecular flexibility index (Phi) is 5.64. The number of hydrogen-bond acceptors (Lipinski definition) is 0. The fourth-order valence-electron chi connectivity index (χ4n) is 6.53. The molecule has 0 radical (unpaired) electrons. The smallest absolute Gasteiger partial charge is 0.0541 e. The maximum atomic E-state index is 3.81. The number of para-hydroxylation sites is 2. The fourth-order valence-corrected chi connectivity index (χ4v) is 6.53. The lowest BCUT2D eigenvalue weighted by molar-refractivity contribution is 0.644. The van der Waals surface area contributed by atoms with Gasteiger partial charge < -0.3 is 4.57 Å². The molecule has 1 nitrogen and oxygen atoms in total. The molecule has 0 saturated heterocycles. The van der Waals surface area contributed by atoms with Gasteiger partial charge >= 0.3 is 0 Å². The van der Waals surface area contributed by atoms with Gasteiger partial charge in [-0.05, 0) is 58.5 Å². The first-order chi connectivity index (χ1) is 19.3. The van der Waals surface area contributed by atoms with Crippen molar-refractivity contribution in [3.05, 3.63) is 175 Å². The average molecular weight is 500 g/mol. The predicted octanol–water partition coefficient (Wildman–Crippen LogP) is 9.79. The van der Waals surface area contributed by atoms with Crippen LogP contribution in [0.3, 0.4) is 0 Å². The summed E-state index contributed by atoms with van der Waals surface area (Å²) in [6.45, 7) is 3.81. The molecule has 0 saturated carbocycles. The molecule has 1 heterocycles. The molecule has 0 spiro atoms. The van der Waals surface area contributed by atoms with E-state index in [4.69, 9.17) is 0 Å². The van der Waals surface area contributed by atoms with Crippen molar-refractivity contribution in [2.24, 2.45) is 0 Å². The summed E-state index contributed by atoms with van der Waals surface area (Å²) in [5.74, 6) is 0. The molecular formula is C38H29N. The quantitative estimate of drug-likeness (QED) is 0.201. The lowest BCUT2D eigenvalue weighted by atomic mass is 9.70. The summed E-state index contributed by atoms with van der Waals surface area (Å²) in [7, 11) is 0. The van der Waals surface area contributed by atoms with Crippen LogP contribution in [0.5, 0.6) is 0 Å². The Hall–Kier alpha value is -4.88. The molecule has 1 atom stereocenters. The molecule has 0 N–H and O–H groups in total. The monoisotopic (exact) mass is 499 g/mol. The van der Waals surface area contributed by atoms with Crippen LogP contribution in [0.25, 0.3) is 38.6 Å². The van der Waals surface area contributed by atoms with E-state index >= 15 is 0 Å². The minimum Gasteiger partial charge on any atom is -0.309 e. The van der Waals surface area contributed by atoms with E-state index in [9.17, 15) is 0 Å². The molecule has 39 heavy (non-hydrogen) atoms. The van der Waals surface area contributed by atoms with E-state index in [0.717, 1.165) is 6.42 Å². The van der Waals surface area contributed by atoms with Crippen LogP contribution in [0.4, 0.5) is 0 Å². The molecule has 5 aromatic carbocycles. The van der Waals surface area contributed by atoms with Crippen molar-refractivity contribution < 1.29 is 0 Å². The van der Waals surface area contributed by atoms with Crippen molar-refractivity contribution in [1.29, 1.82) is 0 Å². The number of hydrogen-bond donors (Lipinski definition) is 0. The summed E-state index contributed by atoms with van der Waals surface area (Å²) in [5.41, 5.74) is 10.0. The summed E-state index contributed by atoms with van der Waals surface area (Å²) in [6.07, 6.45) is 11.1. The number of allylic oxidation sites excluding steroid dienone is 5. The summed E-state index contributed by atoms with van der Waals surface area (Å²) in [6, 6.07) is 44.5. The highest BCUT2D eigenvalue weighted by Crippen LogP contribution is 2.55. The van der Waals surface area contributed by atoms with E-state index in [0.29, 0.717) is 0 Å². The van der Waals surface area contributed by atoms with Gasteiger partial charge in [-0.2, -0.15) is 0 Å². The molecule has 0 fully saturated rings. The second kappa shape index (κ2) is 9.45. The summed E-state index contributed by atoms with van der Waals surface area (Å²) in [5, 5.41) is 2.56. The molecule has 1 aromatic heterocycles. The van der Waals surface area contributed by atoms with Crippen molar-refractivity contribution in [3.8, 4) is 16.8 Å². The van der Waals surface area contributed by atoms with Gasteiger partial charge in [-0.25, -0.2) is 0 Å². The molecule has 1 aliphatic carbocycles. The summed E-state index contributed by atoms with van der Waals surface area (Å²) < 4.78 is 2.42. The standard InChI is InChI=1S/C38H29N/c1-2-3-4-5-15-26-38(28-16-7-6-8-17-28)34-21-12-9-18-30(34)31-25-24-29(27-35(31)38)39-36-22-13-10-19-32(36)33-20-11-14-23-37(33)39/h2-25,27H,1,26H2/b4-3-,15-5-. The summed E-state index contributed by atoms with van der Waals surface area (Å²) >= 11 is 0. The predicted molar refractivity (Wildman–Crippen MR) is 166 cm³/mol. The van der Waals surface area contributed by atoms with Crippen molar-refractivity contribution in [2.45, 2.75) is 11.8 Å². The largest absolute Gasteiger partial charge is 0.309 e. The molecular weight excluding hydrogens is 470 g/mol. The van der Waals surface area contributed by atoms with Crippen LogP contribution in [0.15, 0.2) is 158 Å². The van der Waals surface area contributed by atoms with Crippen LogP contribution in [0.1, 0.15) is 23.1 Å². The molecule has 1 unspecified atom stereocenters. The second-order valence-electron chi connectivity index (χ2n) is 10.2. The van der Waals surface area contributed by atoms with Crippen LogP contribution in [0.2, 0.25) is 0 Å². The third kappa shape index (κ3) is 3.55. The average Bonchev–Trinajstić information content (AvgIpc) is 3.48. The van der Waals surface area contributed by atoms with Crippen LogP contribution in [-0.2, 0) is 5.41 Å². The first kappa shape index (κ1) is 23.3. The fraction of sp³-hybridized carbons (Fsp3) is 0.0526. The zero-order valence-corrected chi connectivity index (χ0v) is 21.8. The van der Waals surface area contributed by atoms with Crippen LogP contribution in [0, 0.1) is 0 Å². The van der Waals surface area contributed by atoms with Crippen LogP contribution < -0.4 is 0 Å². The topological polar surface area (TPSA) is 4.93 Å². The zero-order valence-electron chi connectivity index (χ0n) is 21.8. The van der Waals surface area contributed by atoms with Crippen molar-refractivity contribution in [1.82, 2.24) is 4.57 Å². The summed E-state index contributed by atoms with van der Waals surface area (Å²) in [4.78, 5) is 0. The minimum absolute atomic E-state index is 0.291. The molecule has 0 bridgehead atoms. The molecule has 6 aromatic rings. The number of aromatic nitrogens is 1. The normalized spacial score (nSPS) is 16.3. The number of fused-ring (bicyclic) bond motifs is 6. The van der Waals surface area contributed by atoms with Gasteiger partial charge in [0.1, 0.15) is 0 Å². The number of nitrogens with zero attached hydrogens (tertiary/aromatic N) is 1. The second-order valence-corrected chi connectivity index (χ2v) is 10.2. The minimum atomic E-state index is -0.291. The van der Waals surface area contributed by atoms with Gasteiger partial charge in [0.15, 0.2) is 0 Å². The lowest BCUT2D eigenvalue weighted by Crippen LogP contribution is -2.26. The highest BCUT2D eigenvalue weighted by atomic mass is 15.0. The van der Waals surface area contributed by atoms with Gasteiger partial charge in [0.2, 0.25) is 0 Å². The van der Waals surface area contributed by atoms with E-state index in [1.807, 2.05) is 12.2 Å². The van der Waals surface area contributed by atoms with Crippen LogP contribution in [-0.4, -0.2) is 4.57 Å². The molecule has 0 aliphatic heterocycles. The van der Waals surface area contributed by atoms with Crippen LogP contribution >= 0.6 is 0 Å². The first-order valence-electron chi connectivity index (χ1n) is 13.6. The Morgan fingerprint density at radius 2 is 1.23 bits per heavy atom. The number of benzene rings is 5. The Labute approximate surface area is 229 Å². The van der Waals surface area contributed by atoms with Gasteiger partial charge in [0.25, 0.3) is 0 Å². The number of rotatable bonds is 6. The van der Waals surface area contributed by atoms with E-state index in [1.54, 1.807) is 0 Å². The van der Waals surface area contributed by atoms with Crippen molar-refractivity contribution in [2.75, 3.05) is 0 Å².